The lowest BCUT2D eigenvalue weighted by Crippen LogP contribution is -2.50. The summed E-state index contributed by atoms with van der Waals surface area (Å²) < 4.78 is 26.6. The Balaban J connectivity index is 1.90. The van der Waals surface area contributed by atoms with Gasteiger partial charge in [-0.25, -0.2) is 8.42 Å². The van der Waals surface area contributed by atoms with Gasteiger partial charge in [0.25, 0.3) is 0 Å². The van der Waals surface area contributed by atoms with E-state index >= 15 is 0 Å². The molecule has 3 aromatic carbocycles. The molecule has 0 spiro atoms. The van der Waals surface area contributed by atoms with Crippen LogP contribution in [0.1, 0.15) is 36.5 Å². The third-order valence-electron chi connectivity index (χ3n) is 6.55. The molecule has 220 valence electrons. The quantitative estimate of drug-likeness (QED) is 0.239. The van der Waals surface area contributed by atoms with E-state index in [1.807, 2.05) is 37.3 Å². The number of carbonyl (C=O) groups excluding carboxylic acids is 2. The first-order chi connectivity index (χ1) is 19.4. The van der Waals surface area contributed by atoms with E-state index in [-0.39, 0.29) is 37.7 Å². The summed E-state index contributed by atoms with van der Waals surface area (Å²) in [5.74, 6) is -0.573. The Morgan fingerprint density at radius 3 is 2.27 bits per heavy atom. The molecule has 1 unspecified atom stereocenters. The van der Waals surface area contributed by atoms with Crippen molar-refractivity contribution in [3.8, 4) is 0 Å². The molecule has 0 aliphatic rings. The van der Waals surface area contributed by atoms with Crippen LogP contribution in [-0.4, -0.2) is 50.5 Å². The summed E-state index contributed by atoms with van der Waals surface area (Å²) in [5, 5.41) is 3.99. The van der Waals surface area contributed by atoms with Crippen molar-refractivity contribution in [1.82, 2.24) is 10.2 Å². The number of aryl methyl sites for hydroxylation is 1. The van der Waals surface area contributed by atoms with Crippen LogP contribution in [0.15, 0.2) is 66.7 Å². The highest BCUT2D eigenvalue weighted by atomic mass is 35.5. The molecule has 0 aliphatic carbocycles. The maximum absolute atomic E-state index is 13.8. The first-order valence-electron chi connectivity index (χ1n) is 13.2. The van der Waals surface area contributed by atoms with E-state index in [0.717, 1.165) is 17.4 Å². The summed E-state index contributed by atoms with van der Waals surface area (Å²) in [6.45, 7) is 4.21. The Kier molecular flexibility index (Phi) is 11.9. The molecule has 0 bridgehead atoms. The van der Waals surface area contributed by atoms with E-state index in [2.05, 4.69) is 5.32 Å². The van der Waals surface area contributed by atoms with Gasteiger partial charge in [0.2, 0.25) is 21.8 Å². The van der Waals surface area contributed by atoms with Gasteiger partial charge in [-0.15, -0.1) is 0 Å². The van der Waals surface area contributed by atoms with Crippen molar-refractivity contribution in [3.63, 3.8) is 0 Å². The molecule has 0 radical (unpaired) electrons. The topological polar surface area (TPSA) is 86.8 Å². The number of hydrogen-bond donors (Lipinski definition) is 1. The number of anilines is 1. The zero-order chi connectivity index (χ0) is 30.2. The molecule has 3 aromatic rings. The number of likely N-dealkylation sites (N-methyl/N-ethyl adjacent to an activating group) is 1. The van der Waals surface area contributed by atoms with E-state index in [0.29, 0.717) is 39.3 Å². The van der Waals surface area contributed by atoms with Crippen molar-refractivity contribution in [1.29, 1.82) is 0 Å². The molecule has 2 amide bonds. The fraction of sp³-hybridized carbons (Fsp3) is 0.333. The second kappa shape index (κ2) is 14.9. The lowest BCUT2D eigenvalue weighted by Gasteiger charge is -2.32. The van der Waals surface area contributed by atoms with Crippen LogP contribution in [0.4, 0.5) is 5.69 Å². The minimum Gasteiger partial charge on any atom is -0.355 e. The van der Waals surface area contributed by atoms with Gasteiger partial charge < -0.3 is 10.2 Å². The Hall–Kier alpha value is -2.78. The van der Waals surface area contributed by atoms with Crippen molar-refractivity contribution < 1.29 is 18.0 Å². The van der Waals surface area contributed by atoms with Crippen LogP contribution < -0.4 is 9.62 Å². The van der Waals surface area contributed by atoms with Crippen LogP contribution in [0.25, 0.3) is 0 Å². The van der Waals surface area contributed by atoms with Gasteiger partial charge in [-0.2, -0.15) is 0 Å². The van der Waals surface area contributed by atoms with E-state index in [1.54, 1.807) is 43.3 Å². The lowest BCUT2D eigenvalue weighted by molar-refractivity contribution is -0.141. The molecule has 7 nitrogen and oxygen atoms in total. The smallest absolute Gasteiger partial charge is 0.243 e. The maximum Gasteiger partial charge on any atom is 0.243 e. The first-order valence-corrected chi connectivity index (χ1v) is 16.2. The van der Waals surface area contributed by atoms with Gasteiger partial charge in [0, 0.05) is 37.5 Å². The maximum atomic E-state index is 13.8. The van der Waals surface area contributed by atoms with Crippen molar-refractivity contribution in [2.45, 2.75) is 45.7 Å². The predicted molar refractivity (Wildman–Crippen MR) is 167 cm³/mol. The minimum atomic E-state index is -3.65. The van der Waals surface area contributed by atoms with E-state index < -0.39 is 16.1 Å². The monoisotopic (exact) mass is 637 g/mol. The number of benzene rings is 3. The summed E-state index contributed by atoms with van der Waals surface area (Å²) >= 11 is 18.5. The van der Waals surface area contributed by atoms with Crippen LogP contribution in [0, 0.1) is 6.92 Å². The molecule has 0 aliphatic heterocycles. The highest BCUT2D eigenvalue weighted by Crippen LogP contribution is 2.28. The van der Waals surface area contributed by atoms with Crippen molar-refractivity contribution in [2.24, 2.45) is 0 Å². The number of carbonyl (C=O) groups is 2. The zero-order valence-electron chi connectivity index (χ0n) is 23.2. The molecular formula is C30H34Cl3N3O4S. The Morgan fingerprint density at radius 1 is 0.927 bits per heavy atom. The lowest BCUT2D eigenvalue weighted by atomic mass is 10.0. The second-order valence-corrected chi connectivity index (χ2v) is 12.9. The molecule has 0 aromatic heterocycles. The van der Waals surface area contributed by atoms with Gasteiger partial charge in [0.05, 0.1) is 22.0 Å². The van der Waals surface area contributed by atoms with Gasteiger partial charge in [-0.3, -0.25) is 13.9 Å². The van der Waals surface area contributed by atoms with Gasteiger partial charge in [-0.1, -0.05) is 77.3 Å². The zero-order valence-corrected chi connectivity index (χ0v) is 26.3. The standard InChI is InChI=1S/C30H34Cl3N3O4S/c1-4-34-30(38)28(18-22-9-6-5-7-10-22)35(20-23-13-15-25(32)26(33)17-23)29(37)11-8-16-36(41(3,39)40)27-19-24(31)14-12-21(27)2/h5-7,9-10,12-15,17,19,28H,4,8,11,16,18,20H2,1-3H3,(H,34,38). The molecule has 0 saturated heterocycles. The molecule has 1 atom stereocenters. The fourth-order valence-corrected chi connectivity index (χ4v) is 6.02. The van der Waals surface area contributed by atoms with Crippen LogP contribution in [0.5, 0.6) is 0 Å². The normalized spacial score (nSPS) is 12.0. The van der Waals surface area contributed by atoms with Crippen LogP contribution >= 0.6 is 34.8 Å². The number of sulfonamides is 1. The van der Waals surface area contributed by atoms with Crippen molar-refractivity contribution in [2.75, 3.05) is 23.7 Å². The SMILES string of the molecule is CCNC(=O)C(Cc1ccccc1)N(Cc1ccc(Cl)c(Cl)c1)C(=O)CCCN(c1cc(Cl)ccc1C)S(C)(=O)=O. The highest BCUT2D eigenvalue weighted by Gasteiger charge is 2.30. The number of halogens is 3. The molecule has 0 fully saturated rings. The Bertz CT molecular complexity index is 1470. The highest BCUT2D eigenvalue weighted by molar-refractivity contribution is 7.92. The average molecular weight is 639 g/mol. The third kappa shape index (κ3) is 9.36. The van der Waals surface area contributed by atoms with Crippen LogP contribution in [0.3, 0.4) is 0 Å². The summed E-state index contributed by atoms with van der Waals surface area (Å²) in [6, 6.07) is 18.8. The molecule has 3 rings (SSSR count). The number of hydrogen-bond acceptors (Lipinski definition) is 4. The van der Waals surface area contributed by atoms with E-state index in [9.17, 15) is 18.0 Å². The molecule has 41 heavy (non-hydrogen) atoms. The molecular weight excluding hydrogens is 605 g/mol. The second-order valence-electron chi connectivity index (χ2n) is 9.74. The van der Waals surface area contributed by atoms with Gasteiger partial charge in [0.15, 0.2) is 0 Å². The number of nitrogens with zero attached hydrogens (tertiary/aromatic N) is 2. The van der Waals surface area contributed by atoms with Crippen molar-refractivity contribution in [3.05, 3.63) is 98.5 Å². The number of rotatable bonds is 13. The molecule has 11 heteroatoms. The Morgan fingerprint density at radius 2 is 1.63 bits per heavy atom. The summed E-state index contributed by atoms with van der Waals surface area (Å²) in [4.78, 5) is 28.7. The van der Waals surface area contributed by atoms with Crippen LogP contribution in [0.2, 0.25) is 15.1 Å². The molecule has 0 heterocycles. The third-order valence-corrected chi connectivity index (χ3v) is 8.71. The summed E-state index contributed by atoms with van der Waals surface area (Å²) in [7, 11) is -3.65. The van der Waals surface area contributed by atoms with Crippen LogP contribution in [-0.2, 0) is 32.6 Å². The summed E-state index contributed by atoms with van der Waals surface area (Å²) in [5.41, 5.74) is 2.81. The summed E-state index contributed by atoms with van der Waals surface area (Å²) in [6.07, 6.45) is 1.66. The van der Waals surface area contributed by atoms with Crippen molar-refractivity contribution >= 4 is 62.3 Å². The van der Waals surface area contributed by atoms with Gasteiger partial charge >= 0.3 is 0 Å². The largest absolute Gasteiger partial charge is 0.355 e. The first kappa shape index (κ1) is 32.7. The minimum absolute atomic E-state index is 0.0116. The Labute approximate surface area is 257 Å². The number of nitrogens with one attached hydrogen (secondary N) is 1. The van der Waals surface area contributed by atoms with Gasteiger partial charge in [-0.05, 0) is 61.2 Å². The predicted octanol–water partition coefficient (Wildman–Crippen LogP) is 6.28. The molecule has 0 saturated carbocycles. The molecule has 1 N–H and O–H groups in total. The number of amides is 2. The fourth-order valence-electron chi connectivity index (χ4n) is 4.51. The van der Waals surface area contributed by atoms with E-state index in [1.165, 1.54) is 9.21 Å². The van der Waals surface area contributed by atoms with Gasteiger partial charge in [0.1, 0.15) is 6.04 Å². The average Bonchev–Trinajstić information content (AvgIpc) is 2.92. The van der Waals surface area contributed by atoms with E-state index in [4.69, 9.17) is 34.8 Å².